The molecule has 0 heterocycles. The second-order valence-corrected chi connectivity index (χ2v) is 25.4. The number of carbonyl (C=O) groups is 2. The third kappa shape index (κ3) is 60.1. The molecule has 79 heavy (non-hydrogen) atoms. The van der Waals surface area contributed by atoms with Crippen molar-refractivity contribution < 1.29 is 37.3 Å². The van der Waals surface area contributed by atoms with E-state index in [1.165, 1.54) is 199 Å². The molecule has 0 aliphatic rings. The summed E-state index contributed by atoms with van der Waals surface area (Å²) < 4.78 is 30.7. The van der Waals surface area contributed by atoms with Crippen molar-refractivity contribution in [2.75, 3.05) is 40.9 Å². The van der Waals surface area contributed by atoms with Crippen LogP contribution in [0.2, 0.25) is 0 Å². The van der Waals surface area contributed by atoms with E-state index in [2.05, 4.69) is 74.7 Å². The summed E-state index contributed by atoms with van der Waals surface area (Å²) >= 11 is 0. The molecule has 0 fully saturated rings. The Balaban J connectivity index is 5.05. The van der Waals surface area contributed by atoms with Crippen LogP contribution in [0.5, 0.6) is 0 Å². The highest BCUT2D eigenvalue weighted by atomic mass is 31.2. The van der Waals surface area contributed by atoms with Gasteiger partial charge >= 0.3 is 13.8 Å². The van der Waals surface area contributed by atoms with Crippen molar-refractivity contribution in [2.24, 2.45) is 0 Å². The fourth-order valence-electron chi connectivity index (χ4n) is 9.71. The lowest BCUT2D eigenvalue weighted by Crippen LogP contribution is -2.47. The van der Waals surface area contributed by atoms with Crippen LogP contribution in [0.25, 0.3) is 0 Å². The second kappa shape index (κ2) is 58.9. The van der Waals surface area contributed by atoms with E-state index in [-0.39, 0.29) is 31.5 Å². The summed E-state index contributed by atoms with van der Waals surface area (Å²) in [5.41, 5.74) is 0. The summed E-state index contributed by atoms with van der Waals surface area (Å²) in [6, 6.07) is -0.855. The van der Waals surface area contributed by atoms with Gasteiger partial charge in [-0.15, -0.1) is 0 Å². The fraction of sp³-hybridized carbons (Fsp3) is 0.826. The Labute approximate surface area is 490 Å². The highest BCUT2D eigenvalue weighted by Crippen LogP contribution is 2.43. The zero-order valence-electron chi connectivity index (χ0n) is 52.9. The molecule has 10 heteroatoms. The monoisotopic (exact) mass is 1130 g/mol. The van der Waals surface area contributed by atoms with Crippen LogP contribution < -0.4 is 5.32 Å². The number of hydrogen-bond acceptors (Lipinski definition) is 6. The van der Waals surface area contributed by atoms with Crippen LogP contribution >= 0.6 is 7.82 Å². The maximum Gasteiger partial charge on any atom is 0.472 e. The molecule has 0 aliphatic carbocycles. The first-order chi connectivity index (χ1) is 38.4. The summed E-state index contributed by atoms with van der Waals surface area (Å²) in [6.45, 7) is 7.00. The number of allylic oxidation sites excluding steroid dienone is 9. The van der Waals surface area contributed by atoms with Gasteiger partial charge in [0.15, 0.2) is 0 Å². The summed E-state index contributed by atoms with van der Waals surface area (Å²) in [7, 11) is 1.49. The highest BCUT2D eigenvalue weighted by molar-refractivity contribution is 7.47. The van der Waals surface area contributed by atoms with E-state index < -0.39 is 20.0 Å². The number of carbonyl (C=O) groups excluding carboxylic acids is 2. The molecule has 0 saturated heterocycles. The third-order valence-corrected chi connectivity index (χ3v) is 15.9. The SMILES string of the molecule is CCCCC/C=C\C/C=C\C/C=C\CCCCCCCCCCCCCCCCC(=O)NC(COP(=O)(O)OCC[N+](C)(C)C)C(/C=C\CCCCCCCCCCCCC)OC(=O)CCCCC/C=C\CCCCCCCC. The molecule has 3 unspecified atom stereocenters. The van der Waals surface area contributed by atoms with Crippen LogP contribution in [0, 0.1) is 0 Å². The number of hydrogen-bond donors (Lipinski definition) is 2. The zero-order chi connectivity index (χ0) is 57.9. The van der Waals surface area contributed by atoms with Crippen molar-refractivity contribution in [1.29, 1.82) is 0 Å². The number of nitrogens with zero attached hydrogens (tertiary/aromatic N) is 1. The molecule has 0 rings (SSSR count). The molecule has 0 aromatic heterocycles. The topological polar surface area (TPSA) is 111 Å². The van der Waals surface area contributed by atoms with Gasteiger partial charge in [-0.05, 0) is 96.0 Å². The minimum Gasteiger partial charge on any atom is -0.456 e. The van der Waals surface area contributed by atoms with Crippen LogP contribution in [0.15, 0.2) is 60.8 Å². The Kier molecular flexibility index (Phi) is 57.2. The van der Waals surface area contributed by atoms with Gasteiger partial charge in [0.1, 0.15) is 19.3 Å². The Morgan fingerprint density at radius 1 is 0.443 bits per heavy atom. The van der Waals surface area contributed by atoms with Crippen molar-refractivity contribution in [3.8, 4) is 0 Å². The van der Waals surface area contributed by atoms with Crippen LogP contribution in [0.4, 0.5) is 0 Å². The average Bonchev–Trinajstić information content (AvgIpc) is 3.41. The van der Waals surface area contributed by atoms with Crippen molar-refractivity contribution in [3.63, 3.8) is 0 Å². The van der Waals surface area contributed by atoms with Crippen LogP contribution in [-0.4, -0.2) is 74.3 Å². The van der Waals surface area contributed by atoms with Crippen molar-refractivity contribution in [2.45, 2.75) is 328 Å². The number of phosphoric acid groups is 1. The van der Waals surface area contributed by atoms with Gasteiger partial charge in [-0.1, -0.05) is 268 Å². The first-order valence-electron chi connectivity index (χ1n) is 33.6. The summed E-state index contributed by atoms with van der Waals surface area (Å²) in [5, 5.41) is 3.06. The molecule has 0 saturated carbocycles. The minimum atomic E-state index is -4.45. The first-order valence-corrected chi connectivity index (χ1v) is 35.1. The second-order valence-electron chi connectivity index (χ2n) is 24.0. The molecule has 0 radical (unpaired) electrons. The number of esters is 1. The van der Waals surface area contributed by atoms with Crippen LogP contribution in [0.3, 0.4) is 0 Å². The molecular weight excluding hydrogens is 1000 g/mol. The number of likely N-dealkylation sites (N-methyl/N-ethyl adjacent to an activating group) is 1. The summed E-state index contributed by atoms with van der Waals surface area (Å²) in [6.07, 6.45) is 75.1. The predicted molar refractivity (Wildman–Crippen MR) is 342 cm³/mol. The number of rotatable bonds is 61. The average molecular weight is 1130 g/mol. The van der Waals surface area contributed by atoms with Crippen LogP contribution in [0.1, 0.15) is 316 Å². The fourth-order valence-corrected chi connectivity index (χ4v) is 10.4. The molecule has 0 bridgehead atoms. The minimum absolute atomic E-state index is 0.0380. The quantitative estimate of drug-likeness (QED) is 0.0205. The zero-order valence-corrected chi connectivity index (χ0v) is 53.8. The van der Waals surface area contributed by atoms with Gasteiger partial charge in [0, 0.05) is 12.8 Å². The van der Waals surface area contributed by atoms with Crippen LogP contribution in [-0.2, 0) is 27.9 Å². The van der Waals surface area contributed by atoms with Gasteiger partial charge < -0.3 is 19.4 Å². The Hall–Kier alpha value is -2.29. The lowest BCUT2D eigenvalue weighted by atomic mass is 10.0. The molecular formula is C69H130N2O7P+. The molecule has 1 amide bonds. The molecule has 9 nitrogen and oxygen atoms in total. The Morgan fingerprint density at radius 2 is 0.772 bits per heavy atom. The van der Waals surface area contributed by atoms with E-state index in [0.717, 1.165) is 77.0 Å². The Morgan fingerprint density at radius 3 is 1.20 bits per heavy atom. The van der Waals surface area contributed by atoms with E-state index in [0.29, 0.717) is 23.9 Å². The lowest BCUT2D eigenvalue weighted by Gasteiger charge is -2.27. The number of unbranched alkanes of at least 4 members (excludes halogenated alkanes) is 37. The Bertz CT molecular complexity index is 1540. The van der Waals surface area contributed by atoms with Gasteiger partial charge in [0.25, 0.3) is 0 Å². The standard InChI is InChI=1S/C69H129N2O7P/c1-7-10-13-16-19-22-25-28-29-30-31-32-33-34-35-36-37-38-39-40-41-44-46-49-52-55-58-61-68(72)70-66(65-77-79(74,75)76-64-63-71(4,5)6)67(60-57-54-51-48-45-42-26-23-20-17-14-11-8-2)78-69(73)62-59-56-53-50-47-43-27-24-21-18-15-12-9-3/h19,22,28-29,31-32,43,47,57,60,66-67H,7-18,20-21,23-27,30,33-42,44-46,48-56,58-59,61-65H2,1-6H3,(H-,70,72,74,75)/p+1/b22-19-,29-28-,32-31-,47-43-,60-57-. The lowest BCUT2D eigenvalue weighted by molar-refractivity contribution is -0.870. The number of ether oxygens (including phenoxy) is 1. The normalized spacial score (nSPS) is 14.0. The number of quaternary nitrogens is 1. The number of nitrogens with one attached hydrogen (secondary N) is 1. The van der Waals surface area contributed by atoms with E-state index >= 15 is 0 Å². The highest BCUT2D eigenvalue weighted by Gasteiger charge is 2.30. The summed E-state index contributed by atoms with van der Waals surface area (Å²) in [5.74, 6) is -0.515. The van der Waals surface area contributed by atoms with Crippen molar-refractivity contribution in [3.05, 3.63) is 60.8 Å². The molecule has 462 valence electrons. The molecule has 0 aromatic rings. The van der Waals surface area contributed by atoms with Crippen molar-refractivity contribution >= 4 is 19.7 Å². The predicted octanol–water partition coefficient (Wildman–Crippen LogP) is 21.0. The van der Waals surface area contributed by atoms with Gasteiger partial charge in [-0.3, -0.25) is 18.6 Å². The van der Waals surface area contributed by atoms with Gasteiger partial charge in [0.05, 0.1) is 33.8 Å². The smallest absolute Gasteiger partial charge is 0.456 e. The van der Waals surface area contributed by atoms with E-state index in [1.54, 1.807) is 0 Å². The van der Waals surface area contributed by atoms with E-state index in [4.69, 9.17) is 13.8 Å². The molecule has 0 aromatic carbocycles. The van der Waals surface area contributed by atoms with E-state index in [9.17, 15) is 19.0 Å². The third-order valence-electron chi connectivity index (χ3n) is 14.9. The molecule has 3 atom stereocenters. The largest absolute Gasteiger partial charge is 0.472 e. The van der Waals surface area contributed by atoms with E-state index in [1.807, 2.05) is 33.3 Å². The number of phosphoric ester groups is 1. The van der Waals surface area contributed by atoms with Gasteiger partial charge in [0.2, 0.25) is 5.91 Å². The maximum atomic E-state index is 13.6. The molecule has 2 N–H and O–H groups in total. The number of amides is 1. The van der Waals surface area contributed by atoms with Crippen molar-refractivity contribution in [1.82, 2.24) is 5.32 Å². The molecule has 0 aliphatic heterocycles. The maximum absolute atomic E-state index is 13.6. The first kappa shape index (κ1) is 76.7. The molecule has 0 spiro atoms. The van der Waals surface area contributed by atoms with Gasteiger partial charge in [-0.2, -0.15) is 0 Å². The van der Waals surface area contributed by atoms with Gasteiger partial charge in [-0.25, -0.2) is 4.57 Å². The summed E-state index contributed by atoms with van der Waals surface area (Å²) in [4.78, 5) is 37.8.